The summed E-state index contributed by atoms with van der Waals surface area (Å²) in [7, 11) is 0. The molecule has 0 saturated carbocycles. The predicted octanol–water partition coefficient (Wildman–Crippen LogP) is -1.21. The zero-order chi connectivity index (χ0) is 26.0. The highest BCUT2D eigenvalue weighted by molar-refractivity contribution is 5.94. The Hall–Kier alpha value is -4.24. The highest BCUT2D eigenvalue weighted by atomic mass is 16.6. The number of hydrogen-bond donors (Lipinski definition) is 6. The molecule has 6 N–H and O–H groups in total. The Labute approximate surface area is 183 Å². The molecule has 16 heteroatoms. The molecule has 1 unspecified atom stereocenters. The van der Waals surface area contributed by atoms with E-state index < -0.39 is 97.5 Å². The second kappa shape index (κ2) is 12.0. The first kappa shape index (κ1) is 28.8. The monoisotopic (exact) mass is 480 g/mol. The molecule has 0 aromatic heterocycles. The average Bonchev–Trinajstić information content (AvgIpc) is 2.58. The fourth-order valence-electron chi connectivity index (χ4n) is 2.53. The van der Waals surface area contributed by atoms with E-state index in [0.717, 1.165) is 0 Å². The molecule has 33 heavy (non-hydrogen) atoms. The number of carboxylic acid groups (broad SMARTS) is 6. The molecule has 16 nitrogen and oxygen atoms in total. The van der Waals surface area contributed by atoms with E-state index in [-0.39, 0.29) is 6.42 Å². The van der Waals surface area contributed by atoms with Gasteiger partial charge in [0.1, 0.15) is 0 Å². The first-order valence-corrected chi connectivity index (χ1v) is 8.83. The SMILES string of the molecule is O=C(O)CCCC(=O)OC(CC(=O)O)(CC(=O)OC(CC(=O)O)(CC(=O)O)C(=O)O)C(=O)O. The molecule has 0 heterocycles. The van der Waals surface area contributed by atoms with Crippen LogP contribution in [0.1, 0.15) is 44.9 Å². The van der Waals surface area contributed by atoms with E-state index in [9.17, 15) is 48.6 Å². The quantitative estimate of drug-likeness (QED) is 0.141. The van der Waals surface area contributed by atoms with E-state index >= 15 is 0 Å². The lowest BCUT2D eigenvalue weighted by Gasteiger charge is -2.30. The van der Waals surface area contributed by atoms with Crippen LogP contribution in [0.15, 0.2) is 0 Å². The third-order valence-corrected chi connectivity index (χ3v) is 3.91. The zero-order valence-corrected chi connectivity index (χ0v) is 16.7. The minimum atomic E-state index is -3.19. The molecule has 0 rings (SSSR count). The number of rotatable bonds is 16. The highest BCUT2D eigenvalue weighted by Gasteiger charge is 2.51. The highest BCUT2D eigenvalue weighted by Crippen LogP contribution is 2.28. The van der Waals surface area contributed by atoms with E-state index in [1.165, 1.54) is 0 Å². The van der Waals surface area contributed by atoms with Gasteiger partial charge in [-0.15, -0.1) is 0 Å². The van der Waals surface area contributed by atoms with E-state index in [2.05, 4.69) is 9.47 Å². The molecule has 0 fully saturated rings. The topological polar surface area (TPSA) is 276 Å². The summed E-state index contributed by atoms with van der Waals surface area (Å²) >= 11 is 0. The summed E-state index contributed by atoms with van der Waals surface area (Å²) in [6.07, 6.45) is -7.80. The molecule has 1 atom stereocenters. The first-order valence-electron chi connectivity index (χ1n) is 8.83. The van der Waals surface area contributed by atoms with Crippen LogP contribution in [0.3, 0.4) is 0 Å². The van der Waals surface area contributed by atoms with Gasteiger partial charge in [-0.25, -0.2) is 9.59 Å². The maximum absolute atomic E-state index is 12.3. The standard InChI is InChI=1S/C17H20O16/c18-8(19)2-1-3-12(26)32-17(15(30)31,6-11(24)25)7-13(27)33-16(14(28)29,4-9(20)21)5-10(22)23/h1-7H2,(H,18,19)(H,20,21)(H,22,23)(H,24,25)(H,28,29)(H,30,31). The van der Waals surface area contributed by atoms with Crippen molar-refractivity contribution < 1.29 is 78.5 Å². The van der Waals surface area contributed by atoms with Crippen LogP contribution in [-0.4, -0.2) is 89.6 Å². The largest absolute Gasteiger partial charge is 0.481 e. The Morgan fingerprint density at radius 1 is 0.485 bits per heavy atom. The summed E-state index contributed by atoms with van der Waals surface area (Å²) in [5.41, 5.74) is -6.34. The van der Waals surface area contributed by atoms with Crippen molar-refractivity contribution in [3.05, 3.63) is 0 Å². The van der Waals surface area contributed by atoms with Crippen molar-refractivity contribution in [2.75, 3.05) is 0 Å². The number of hydrogen-bond acceptors (Lipinski definition) is 10. The molecule has 0 radical (unpaired) electrons. The van der Waals surface area contributed by atoms with Crippen molar-refractivity contribution in [3.8, 4) is 0 Å². The Balaban J connectivity index is 5.96. The molecule has 0 spiro atoms. The number of carbonyl (C=O) groups excluding carboxylic acids is 2. The molecule has 0 aromatic carbocycles. The number of carboxylic acids is 6. The van der Waals surface area contributed by atoms with Crippen molar-refractivity contribution >= 4 is 47.8 Å². The lowest BCUT2D eigenvalue weighted by molar-refractivity contribution is -0.196. The van der Waals surface area contributed by atoms with E-state index in [0.29, 0.717) is 0 Å². The Bertz CT molecular complexity index is 826. The minimum absolute atomic E-state index is 0.333. The van der Waals surface area contributed by atoms with Crippen LogP contribution in [0, 0.1) is 0 Å². The van der Waals surface area contributed by atoms with Gasteiger partial charge in [-0.05, 0) is 6.42 Å². The fourth-order valence-corrected chi connectivity index (χ4v) is 2.53. The molecule has 0 bridgehead atoms. The van der Waals surface area contributed by atoms with Crippen molar-refractivity contribution in [2.24, 2.45) is 0 Å². The van der Waals surface area contributed by atoms with Gasteiger partial charge in [0.05, 0.1) is 25.7 Å². The van der Waals surface area contributed by atoms with Crippen LogP contribution in [0.25, 0.3) is 0 Å². The van der Waals surface area contributed by atoms with Gasteiger partial charge in [0.15, 0.2) is 0 Å². The van der Waals surface area contributed by atoms with Crippen LogP contribution in [-0.2, 0) is 47.8 Å². The normalized spacial score (nSPS) is 12.6. The van der Waals surface area contributed by atoms with Crippen molar-refractivity contribution in [1.29, 1.82) is 0 Å². The van der Waals surface area contributed by atoms with Crippen LogP contribution in [0.4, 0.5) is 0 Å². The predicted molar refractivity (Wildman–Crippen MR) is 95.8 cm³/mol. The van der Waals surface area contributed by atoms with Crippen molar-refractivity contribution in [1.82, 2.24) is 0 Å². The minimum Gasteiger partial charge on any atom is -0.481 e. The first-order chi connectivity index (χ1) is 15.0. The summed E-state index contributed by atoms with van der Waals surface area (Å²) in [5, 5.41) is 54.0. The van der Waals surface area contributed by atoms with Gasteiger partial charge in [-0.3, -0.25) is 28.8 Å². The van der Waals surface area contributed by atoms with Crippen molar-refractivity contribution in [3.63, 3.8) is 0 Å². The van der Waals surface area contributed by atoms with Crippen LogP contribution >= 0.6 is 0 Å². The Morgan fingerprint density at radius 2 is 0.848 bits per heavy atom. The smallest absolute Gasteiger partial charge is 0.349 e. The number of carbonyl (C=O) groups is 8. The average molecular weight is 480 g/mol. The summed E-state index contributed by atoms with van der Waals surface area (Å²) < 4.78 is 9.08. The Kier molecular flexibility index (Phi) is 10.4. The van der Waals surface area contributed by atoms with Crippen LogP contribution in [0.2, 0.25) is 0 Å². The molecule has 0 aliphatic heterocycles. The van der Waals surface area contributed by atoms with Gasteiger partial charge in [0.2, 0.25) is 11.2 Å². The van der Waals surface area contributed by atoms with Crippen molar-refractivity contribution in [2.45, 2.75) is 56.1 Å². The molecule has 0 aliphatic rings. The van der Waals surface area contributed by atoms with Gasteiger partial charge in [0.25, 0.3) is 0 Å². The second-order valence-electron chi connectivity index (χ2n) is 6.68. The lowest BCUT2D eigenvalue weighted by atomic mass is 9.93. The molecule has 184 valence electrons. The zero-order valence-electron chi connectivity index (χ0n) is 16.7. The fraction of sp³-hybridized carbons (Fsp3) is 0.529. The molecule has 0 amide bonds. The summed E-state index contributed by atoms with van der Waals surface area (Å²) in [6, 6.07) is 0. The maximum Gasteiger partial charge on any atom is 0.349 e. The van der Waals surface area contributed by atoms with E-state index in [4.69, 9.17) is 20.4 Å². The molecular weight excluding hydrogens is 460 g/mol. The van der Waals surface area contributed by atoms with Gasteiger partial charge in [-0.2, -0.15) is 0 Å². The molecule has 0 saturated heterocycles. The molecule has 0 aromatic rings. The lowest BCUT2D eigenvalue weighted by Crippen LogP contribution is -2.51. The van der Waals surface area contributed by atoms with Gasteiger partial charge in [0, 0.05) is 12.8 Å². The van der Waals surface area contributed by atoms with Crippen LogP contribution < -0.4 is 0 Å². The number of aliphatic carboxylic acids is 6. The third kappa shape index (κ3) is 9.62. The molecule has 0 aliphatic carbocycles. The van der Waals surface area contributed by atoms with Gasteiger partial charge >= 0.3 is 47.8 Å². The second-order valence-corrected chi connectivity index (χ2v) is 6.68. The summed E-state index contributed by atoms with van der Waals surface area (Å²) in [5.74, 6) is -14.7. The summed E-state index contributed by atoms with van der Waals surface area (Å²) in [4.78, 5) is 91.1. The van der Waals surface area contributed by atoms with Gasteiger partial charge in [-0.1, -0.05) is 0 Å². The number of esters is 2. The van der Waals surface area contributed by atoms with Gasteiger partial charge < -0.3 is 40.1 Å². The Morgan fingerprint density at radius 3 is 1.18 bits per heavy atom. The van der Waals surface area contributed by atoms with Crippen LogP contribution in [0.5, 0.6) is 0 Å². The maximum atomic E-state index is 12.3. The van der Waals surface area contributed by atoms with E-state index in [1.54, 1.807) is 0 Å². The number of ether oxygens (including phenoxy) is 2. The third-order valence-electron chi connectivity index (χ3n) is 3.91. The summed E-state index contributed by atoms with van der Waals surface area (Å²) in [6.45, 7) is 0. The van der Waals surface area contributed by atoms with E-state index in [1.807, 2.05) is 0 Å². The molecular formula is C17H20O16.